The van der Waals surface area contributed by atoms with Gasteiger partial charge in [0.25, 0.3) is 0 Å². The Morgan fingerprint density at radius 3 is 1.92 bits per heavy atom. The van der Waals surface area contributed by atoms with Crippen molar-refractivity contribution in [2.75, 3.05) is 0 Å². The molecule has 1 aliphatic carbocycles. The zero-order chi connectivity index (χ0) is 23.6. The maximum Gasteiger partial charge on any atom is 0.160 e. The molecule has 0 unspecified atom stereocenters. The lowest BCUT2D eigenvalue weighted by molar-refractivity contribution is 1.04. The molecule has 1 aliphatic rings. The molecule has 0 amide bonds. The van der Waals surface area contributed by atoms with Gasteiger partial charge in [0.2, 0.25) is 0 Å². The summed E-state index contributed by atoms with van der Waals surface area (Å²) in [5.74, 6) is 0.764. The Hall–Kier alpha value is -4.56. The van der Waals surface area contributed by atoms with Crippen LogP contribution in [0.4, 0.5) is 0 Å². The van der Waals surface area contributed by atoms with Gasteiger partial charge >= 0.3 is 0 Å². The second-order valence-electron chi connectivity index (χ2n) is 9.67. The summed E-state index contributed by atoms with van der Waals surface area (Å²) < 4.78 is 0. The van der Waals surface area contributed by atoms with Gasteiger partial charge in [0.15, 0.2) is 5.82 Å². The first-order valence-corrected chi connectivity index (χ1v) is 12.6. The third-order valence-corrected chi connectivity index (χ3v) is 7.80. The van der Waals surface area contributed by atoms with Crippen molar-refractivity contribution in [3.8, 4) is 22.5 Å². The number of aryl methyl sites for hydroxylation is 1. The molecule has 36 heavy (non-hydrogen) atoms. The fraction of sp³-hybridized carbons (Fsp3) is 0.0588. The highest BCUT2D eigenvalue weighted by molar-refractivity contribution is 6.25. The molecule has 0 fully saturated rings. The van der Waals surface area contributed by atoms with E-state index in [-0.39, 0.29) is 0 Å². The van der Waals surface area contributed by atoms with Gasteiger partial charge in [-0.05, 0) is 83.9 Å². The van der Waals surface area contributed by atoms with Crippen LogP contribution < -0.4 is 5.22 Å². The molecule has 8 rings (SSSR count). The Bertz CT molecular complexity index is 1980. The summed E-state index contributed by atoms with van der Waals surface area (Å²) in [4.78, 5) is 9.30. The molecule has 1 heterocycles. The van der Waals surface area contributed by atoms with E-state index in [2.05, 4.69) is 101 Å². The van der Waals surface area contributed by atoms with Crippen molar-refractivity contribution in [2.45, 2.75) is 12.8 Å². The summed E-state index contributed by atoms with van der Waals surface area (Å²) in [5.41, 5.74) is 5.13. The quantitative estimate of drug-likeness (QED) is 0.246. The molecule has 0 aliphatic heterocycles. The number of benzene rings is 6. The van der Waals surface area contributed by atoms with Gasteiger partial charge in [0, 0.05) is 18.0 Å². The number of fused-ring (bicyclic) bond motifs is 2. The van der Waals surface area contributed by atoms with Gasteiger partial charge in [0.1, 0.15) is 0 Å². The average Bonchev–Trinajstić information content (AvgIpc) is 2.95. The number of hydrogen-bond acceptors (Lipinski definition) is 2. The Morgan fingerprint density at radius 1 is 0.528 bits per heavy atom. The van der Waals surface area contributed by atoms with E-state index in [4.69, 9.17) is 0 Å². The SMILES string of the molecule is C1=c2ccc3ccc(-c4c5ccccc5c(-c5ncccn5)c5ccccc45)c4ccc(c2c34)CC1. The van der Waals surface area contributed by atoms with Gasteiger partial charge in [-0.25, -0.2) is 9.97 Å². The number of nitrogens with zero attached hydrogens (tertiary/aromatic N) is 2. The molecule has 0 radical (unpaired) electrons. The fourth-order valence-corrected chi connectivity index (χ4v) is 6.32. The molecular formula is C34H22N2. The molecular weight excluding hydrogens is 436 g/mol. The maximum absolute atomic E-state index is 4.65. The van der Waals surface area contributed by atoms with Gasteiger partial charge in [-0.3, -0.25) is 0 Å². The van der Waals surface area contributed by atoms with Crippen LogP contribution in [0.25, 0.3) is 71.7 Å². The smallest absolute Gasteiger partial charge is 0.160 e. The minimum atomic E-state index is 0.764. The van der Waals surface area contributed by atoms with Crippen molar-refractivity contribution in [2.24, 2.45) is 0 Å². The zero-order valence-corrected chi connectivity index (χ0v) is 19.7. The number of rotatable bonds is 2. The van der Waals surface area contributed by atoms with Crippen LogP contribution in [0.3, 0.4) is 0 Å². The van der Waals surface area contributed by atoms with Gasteiger partial charge in [0.05, 0.1) is 0 Å². The minimum Gasteiger partial charge on any atom is -0.237 e. The summed E-state index contributed by atoms with van der Waals surface area (Å²) in [6.45, 7) is 0. The van der Waals surface area contributed by atoms with E-state index in [1.54, 1.807) is 0 Å². The molecule has 0 N–H and O–H groups in total. The summed E-state index contributed by atoms with van der Waals surface area (Å²) in [5, 5.41) is 11.7. The Balaban J connectivity index is 1.58. The average molecular weight is 459 g/mol. The van der Waals surface area contributed by atoms with Crippen LogP contribution >= 0.6 is 0 Å². The highest BCUT2D eigenvalue weighted by Gasteiger charge is 2.20. The Labute approximate surface area is 208 Å². The topological polar surface area (TPSA) is 25.8 Å². The van der Waals surface area contributed by atoms with Crippen molar-refractivity contribution < 1.29 is 0 Å². The van der Waals surface area contributed by atoms with Crippen LogP contribution in [0.5, 0.6) is 0 Å². The highest BCUT2D eigenvalue weighted by Crippen LogP contribution is 2.45. The molecule has 0 atom stereocenters. The Morgan fingerprint density at radius 2 is 1.19 bits per heavy atom. The summed E-state index contributed by atoms with van der Waals surface area (Å²) in [6.07, 6.45) is 8.28. The highest BCUT2D eigenvalue weighted by atomic mass is 14.9. The molecule has 168 valence electrons. The minimum absolute atomic E-state index is 0.764. The summed E-state index contributed by atoms with van der Waals surface area (Å²) in [6, 6.07) is 33.2. The van der Waals surface area contributed by atoms with Crippen LogP contribution in [0.1, 0.15) is 12.0 Å². The van der Waals surface area contributed by atoms with Crippen molar-refractivity contribution in [1.82, 2.24) is 9.97 Å². The lowest BCUT2D eigenvalue weighted by Gasteiger charge is -2.20. The number of hydrogen-bond donors (Lipinski definition) is 0. The normalized spacial score (nSPS) is 13.0. The van der Waals surface area contributed by atoms with Crippen molar-refractivity contribution in [3.63, 3.8) is 0 Å². The molecule has 0 saturated carbocycles. The van der Waals surface area contributed by atoms with Gasteiger partial charge < -0.3 is 0 Å². The molecule has 0 spiro atoms. The van der Waals surface area contributed by atoms with E-state index < -0.39 is 0 Å². The molecule has 7 aromatic rings. The predicted molar refractivity (Wildman–Crippen MR) is 151 cm³/mol. The van der Waals surface area contributed by atoms with Crippen LogP contribution in [-0.4, -0.2) is 9.97 Å². The molecule has 1 aromatic heterocycles. The summed E-state index contributed by atoms with van der Waals surface area (Å²) in [7, 11) is 0. The fourth-order valence-electron chi connectivity index (χ4n) is 6.32. The van der Waals surface area contributed by atoms with Crippen LogP contribution in [-0.2, 0) is 6.42 Å². The van der Waals surface area contributed by atoms with Crippen molar-refractivity contribution in [1.29, 1.82) is 0 Å². The molecule has 6 aromatic carbocycles. The largest absolute Gasteiger partial charge is 0.237 e. The van der Waals surface area contributed by atoms with Crippen molar-refractivity contribution >= 4 is 49.2 Å². The maximum atomic E-state index is 4.65. The van der Waals surface area contributed by atoms with Crippen molar-refractivity contribution in [3.05, 3.63) is 114 Å². The van der Waals surface area contributed by atoms with E-state index in [0.29, 0.717) is 0 Å². The van der Waals surface area contributed by atoms with E-state index in [9.17, 15) is 0 Å². The van der Waals surface area contributed by atoms with Crippen LogP contribution in [0.2, 0.25) is 0 Å². The third-order valence-electron chi connectivity index (χ3n) is 7.80. The summed E-state index contributed by atoms with van der Waals surface area (Å²) >= 11 is 0. The van der Waals surface area contributed by atoms with E-state index >= 15 is 0 Å². The molecule has 0 saturated heterocycles. The van der Waals surface area contributed by atoms with Gasteiger partial charge in [-0.15, -0.1) is 0 Å². The first-order chi connectivity index (χ1) is 17.9. The van der Waals surface area contributed by atoms with E-state index in [0.717, 1.165) is 24.2 Å². The van der Waals surface area contributed by atoms with Gasteiger partial charge in [-0.2, -0.15) is 0 Å². The standard InChI is InChI=1S/C34H22N2/c1-3-11-26-24(9-1)32(25-10-2-4-12-27(25)33(26)34-35-19-6-20-36-34)29-18-16-23-14-13-21-7-5-8-22-15-17-28(29)31(23)30(21)22/h1-4,6-7,9-20H,5,8H2. The predicted octanol–water partition coefficient (Wildman–Crippen LogP) is 7.87. The molecule has 2 heteroatoms. The number of aromatic nitrogens is 2. The van der Waals surface area contributed by atoms with Crippen LogP contribution in [0, 0.1) is 0 Å². The molecule has 0 bridgehead atoms. The lowest BCUT2D eigenvalue weighted by Crippen LogP contribution is -2.10. The third kappa shape index (κ3) is 2.67. The van der Waals surface area contributed by atoms with E-state index in [1.807, 2.05) is 18.5 Å². The lowest BCUT2D eigenvalue weighted by atomic mass is 9.83. The molecule has 2 nitrogen and oxygen atoms in total. The second kappa shape index (κ2) is 7.47. The van der Waals surface area contributed by atoms with Gasteiger partial charge in [-0.1, -0.05) is 91.0 Å². The first kappa shape index (κ1) is 19.7. The zero-order valence-electron chi connectivity index (χ0n) is 19.7. The Kier molecular flexibility index (Phi) is 4.09. The monoisotopic (exact) mass is 458 g/mol. The second-order valence-corrected chi connectivity index (χ2v) is 9.67. The van der Waals surface area contributed by atoms with Crippen LogP contribution in [0.15, 0.2) is 103 Å². The first-order valence-electron chi connectivity index (χ1n) is 12.6. The van der Waals surface area contributed by atoms with E-state index in [1.165, 1.54) is 65.0 Å².